The van der Waals surface area contributed by atoms with E-state index in [9.17, 15) is 13.6 Å². The predicted molar refractivity (Wildman–Crippen MR) is 146 cm³/mol. The van der Waals surface area contributed by atoms with Crippen LogP contribution in [0, 0.1) is 5.92 Å². The lowest BCUT2D eigenvalue weighted by Crippen LogP contribution is -2.40. The van der Waals surface area contributed by atoms with Crippen LogP contribution in [0.15, 0.2) is 40.9 Å². The van der Waals surface area contributed by atoms with Crippen LogP contribution in [0.4, 0.5) is 14.5 Å². The number of rotatable bonds is 11. The monoisotopic (exact) mass is 536 g/mol. The number of unbranched alkanes of at least 4 members (excludes halogenated alkanes) is 2. The van der Waals surface area contributed by atoms with Crippen LogP contribution in [0.2, 0.25) is 0 Å². The quantitative estimate of drug-likeness (QED) is 0.240. The minimum absolute atomic E-state index is 0.0396. The van der Waals surface area contributed by atoms with Crippen molar-refractivity contribution in [3.05, 3.63) is 53.5 Å². The molecule has 3 fully saturated rings. The van der Waals surface area contributed by atoms with Gasteiger partial charge >= 0.3 is 0 Å². The molecule has 0 spiro atoms. The zero-order valence-corrected chi connectivity index (χ0v) is 22.7. The smallest absolute Gasteiger partial charge is 0.248 e. The Labute approximate surface area is 228 Å². The Bertz CT molecular complexity index is 1300. The van der Waals surface area contributed by atoms with Gasteiger partial charge in [0.2, 0.25) is 11.8 Å². The van der Waals surface area contributed by atoms with Crippen molar-refractivity contribution in [2.24, 2.45) is 13.0 Å². The number of aromatic nitrogens is 3. The molecule has 0 aliphatic heterocycles. The van der Waals surface area contributed by atoms with Gasteiger partial charge < -0.3 is 9.42 Å². The third-order valence-corrected chi connectivity index (χ3v) is 8.60. The number of anilines is 1. The summed E-state index contributed by atoms with van der Waals surface area (Å²) in [5.41, 5.74) is 4.95. The van der Waals surface area contributed by atoms with Crippen molar-refractivity contribution in [1.82, 2.24) is 14.9 Å². The molecule has 0 saturated heterocycles. The maximum absolute atomic E-state index is 13.8. The lowest BCUT2D eigenvalue weighted by Gasteiger charge is -2.32. The second kappa shape index (κ2) is 10.9. The molecule has 0 atom stereocenters. The van der Waals surface area contributed by atoms with Gasteiger partial charge in [-0.2, -0.15) is 5.10 Å². The van der Waals surface area contributed by atoms with E-state index < -0.39 is 5.92 Å². The van der Waals surface area contributed by atoms with Gasteiger partial charge in [-0.05, 0) is 76.0 Å². The van der Waals surface area contributed by atoms with Gasteiger partial charge in [0, 0.05) is 67.2 Å². The van der Waals surface area contributed by atoms with Gasteiger partial charge in [0.15, 0.2) is 0 Å². The Morgan fingerprint density at radius 1 is 1.03 bits per heavy atom. The third kappa shape index (κ3) is 6.25. The maximum Gasteiger partial charge on any atom is 0.248 e. The molecular formula is C31H38F2N4O2. The fourth-order valence-corrected chi connectivity index (χ4v) is 5.79. The number of halogens is 2. The van der Waals surface area contributed by atoms with Crippen LogP contribution in [0.3, 0.4) is 0 Å². The average Bonchev–Trinajstić information content (AvgIpc) is 3.87. The zero-order valence-electron chi connectivity index (χ0n) is 22.7. The van der Waals surface area contributed by atoms with Gasteiger partial charge in [0.05, 0.1) is 5.69 Å². The first kappa shape index (κ1) is 26.2. The Kier molecular flexibility index (Phi) is 7.29. The lowest BCUT2D eigenvalue weighted by molar-refractivity contribution is -0.126. The summed E-state index contributed by atoms with van der Waals surface area (Å²) in [6.45, 7) is 0.569. The number of aryl methyl sites for hydroxylation is 2. The molecule has 39 heavy (non-hydrogen) atoms. The van der Waals surface area contributed by atoms with Gasteiger partial charge in [-0.15, -0.1) is 0 Å². The molecule has 6 rings (SSSR count). The summed E-state index contributed by atoms with van der Waals surface area (Å²) in [4.78, 5) is 15.5. The van der Waals surface area contributed by atoms with E-state index in [4.69, 9.17) is 4.52 Å². The number of amides is 1. The summed E-state index contributed by atoms with van der Waals surface area (Å²) in [6, 6.07) is 12.1. The Hall–Kier alpha value is -3.03. The van der Waals surface area contributed by atoms with Crippen LogP contribution in [-0.4, -0.2) is 33.3 Å². The number of hydrogen-bond acceptors (Lipinski definition) is 4. The molecule has 3 saturated carbocycles. The second-order valence-electron chi connectivity index (χ2n) is 11.8. The van der Waals surface area contributed by atoms with Gasteiger partial charge in [-0.1, -0.05) is 23.7 Å². The van der Waals surface area contributed by atoms with E-state index in [2.05, 4.69) is 16.3 Å². The third-order valence-electron chi connectivity index (χ3n) is 8.60. The maximum atomic E-state index is 13.8. The van der Waals surface area contributed by atoms with Crippen LogP contribution in [0.5, 0.6) is 0 Å². The Morgan fingerprint density at radius 2 is 1.79 bits per heavy atom. The van der Waals surface area contributed by atoms with Crippen LogP contribution in [0.1, 0.15) is 99.6 Å². The molecule has 1 amide bonds. The van der Waals surface area contributed by atoms with Crippen LogP contribution < -0.4 is 4.90 Å². The SMILES string of the molecule is Cn1nc(C2CC2)cc1CCCCCN(C(=O)C1CCC(F)(F)CC1)c1cccc(-c2cc(C3CC3)on2)c1. The number of alkyl halides is 2. The Balaban J connectivity index is 1.12. The van der Waals surface area contributed by atoms with E-state index in [-0.39, 0.29) is 37.5 Å². The predicted octanol–water partition coefficient (Wildman–Crippen LogP) is 7.40. The molecule has 0 radical (unpaired) electrons. The highest BCUT2D eigenvalue weighted by Gasteiger charge is 2.39. The summed E-state index contributed by atoms with van der Waals surface area (Å²) in [7, 11) is 2.02. The largest absolute Gasteiger partial charge is 0.360 e. The van der Waals surface area contributed by atoms with Crippen LogP contribution in [-0.2, 0) is 18.3 Å². The standard InChI is InChI=1S/C31H38F2N4O2/c1-36-25(19-27(34-36)21-9-10-21)7-3-2-4-17-37(30(38)23-13-15-31(32,33)16-14-23)26-8-5-6-24(18-26)28-20-29(39-35-28)22-11-12-22/h5-6,8,18-23H,2-4,7,9-17H2,1H3. The van der Waals surface area contributed by atoms with Crippen molar-refractivity contribution in [3.8, 4) is 11.3 Å². The number of carbonyl (C=O) groups is 1. The van der Waals surface area contributed by atoms with Gasteiger partial charge in [-0.25, -0.2) is 8.78 Å². The van der Waals surface area contributed by atoms with Crippen molar-refractivity contribution in [3.63, 3.8) is 0 Å². The number of nitrogens with zero attached hydrogens (tertiary/aromatic N) is 4. The van der Waals surface area contributed by atoms with Gasteiger partial charge in [0.1, 0.15) is 11.5 Å². The molecule has 208 valence electrons. The van der Waals surface area contributed by atoms with Gasteiger partial charge in [-0.3, -0.25) is 9.48 Å². The highest BCUT2D eigenvalue weighted by atomic mass is 19.3. The number of carbonyl (C=O) groups excluding carboxylic acids is 1. The first-order valence-corrected chi connectivity index (χ1v) is 14.7. The number of hydrogen-bond donors (Lipinski definition) is 0. The van der Waals surface area contributed by atoms with Crippen molar-refractivity contribution in [2.45, 2.75) is 94.8 Å². The molecule has 2 heterocycles. The van der Waals surface area contributed by atoms with E-state index in [1.54, 1.807) is 0 Å². The summed E-state index contributed by atoms with van der Waals surface area (Å²) >= 11 is 0. The molecule has 0 N–H and O–H groups in total. The summed E-state index contributed by atoms with van der Waals surface area (Å²) in [6.07, 6.45) is 8.63. The van der Waals surface area contributed by atoms with Crippen molar-refractivity contribution in [2.75, 3.05) is 11.4 Å². The minimum atomic E-state index is -2.65. The van der Waals surface area contributed by atoms with Gasteiger partial charge in [0.25, 0.3) is 0 Å². The zero-order chi connectivity index (χ0) is 27.0. The lowest BCUT2D eigenvalue weighted by atomic mass is 9.85. The molecular weight excluding hydrogens is 498 g/mol. The summed E-state index contributed by atoms with van der Waals surface area (Å²) in [5, 5.41) is 8.94. The first-order chi connectivity index (χ1) is 18.9. The van der Waals surface area contributed by atoms with E-state index in [0.29, 0.717) is 18.4 Å². The molecule has 3 aliphatic rings. The summed E-state index contributed by atoms with van der Waals surface area (Å²) in [5.74, 6) is -1.01. The average molecular weight is 537 g/mol. The molecule has 1 aromatic carbocycles. The van der Waals surface area contributed by atoms with E-state index in [0.717, 1.165) is 61.2 Å². The molecule has 3 aliphatic carbocycles. The molecule has 0 unspecified atom stereocenters. The van der Waals surface area contributed by atoms with Crippen molar-refractivity contribution >= 4 is 11.6 Å². The van der Waals surface area contributed by atoms with E-state index in [1.807, 2.05) is 47.0 Å². The van der Waals surface area contributed by atoms with Crippen LogP contribution >= 0.6 is 0 Å². The topological polar surface area (TPSA) is 64.2 Å². The number of benzene rings is 1. The molecule has 6 nitrogen and oxygen atoms in total. The minimum Gasteiger partial charge on any atom is -0.360 e. The fraction of sp³-hybridized carbons (Fsp3) is 0.581. The van der Waals surface area contributed by atoms with E-state index >= 15 is 0 Å². The van der Waals surface area contributed by atoms with E-state index in [1.165, 1.54) is 24.2 Å². The Morgan fingerprint density at radius 3 is 2.54 bits per heavy atom. The molecule has 2 aromatic heterocycles. The van der Waals surface area contributed by atoms with Crippen molar-refractivity contribution < 1.29 is 18.1 Å². The highest BCUT2D eigenvalue weighted by molar-refractivity contribution is 5.95. The second-order valence-corrected chi connectivity index (χ2v) is 11.8. The molecule has 3 aromatic rings. The van der Waals surface area contributed by atoms with Crippen molar-refractivity contribution in [1.29, 1.82) is 0 Å². The molecule has 0 bridgehead atoms. The normalized spacial score (nSPS) is 19.4. The fourth-order valence-electron chi connectivity index (χ4n) is 5.79. The highest BCUT2D eigenvalue weighted by Crippen LogP contribution is 2.42. The summed E-state index contributed by atoms with van der Waals surface area (Å²) < 4.78 is 35.2. The van der Waals surface area contributed by atoms with Crippen LogP contribution in [0.25, 0.3) is 11.3 Å². The molecule has 8 heteroatoms. The first-order valence-electron chi connectivity index (χ1n) is 14.7.